The lowest BCUT2D eigenvalue weighted by Crippen LogP contribution is -2.40. The zero-order valence-electron chi connectivity index (χ0n) is 13.6. The first kappa shape index (κ1) is 18.1. The molecular weight excluding hydrogens is 331 g/mol. The number of rotatable bonds is 4. The highest BCUT2D eigenvalue weighted by Gasteiger charge is 2.26. The number of hydrogen-bond donors (Lipinski definition) is 2. The topological polar surface area (TPSA) is 89.3 Å². The second kappa shape index (κ2) is 6.33. The number of hydrogen-bond acceptors (Lipinski definition) is 3. The largest absolute Gasteiger partial charge is 0.365 e. The number of benzene rings is 2. The zero-order chi connectivity index (χ0) is 18.1. The maximum atomic E-state index is 14.0. The standard InChI is InChI=1S/C17H19FN2O3S/c1-17(2,3)20-24(22,23)14-10-5-4-7-11(14)12-8-6-9-13(18)15(12)16(19)21/h4-10,20H,1-3H3,(H2,19,21). The van der Waals surface area contributed by atoms with Gasteiger partial charge >= 0.3 is 0 Å². The molecule has 0 fully saturated rings. The van der Waals surface area contributed by atoms with E-state index in [4.69, 9.17) is 5.73 Å². The van der Waals surface area contributed by atoms with E-state index < -0.39 is 27.3 Å². The van der Waals surface area contributed by atoms with Gasteiger partial charge in [-0.05, 0) is 38.5 Å². The van der Waals surface area contributed by atoms with E-state index in [1.807, 2.05) is 0 Å². The van der Waals surface area contributed by atoms with Crippen molar-refractivity contribution in [1.82, 2.24) is 4.72 Å². The van der Waals surface area contributed by atoms with Gasteiger partial charge in [-0.2, -0.15) is 0 Å². The van der Waals surface area contributed by atoms with Gasteiger partial charge in [-0.15, -0.1) is 0 Å². The molecule has 7 heteroatoms. The van der Waals surface area contributed by atoms with Crippen LogP contribution in [0.5, 0.6) is 0 Å². The van der Waals surface area contributed by atoms with Crippen LogP contribution in [-0.2, 0) is 10.0 Å². The highest BCUT2D eigenvalue weighted by Crippen LogP contribution is 2.31. The van der Waals surface area contributed by atoms with Gasteiger partial charge in [-0.3, -0.25) is 4.79 Å². The van der Waals surface area contributed by atoms with Crippen LogP contribution in [0, 0.1) is 5.82 Å². The third kappa shape index (κ3) is 3.80. The average molecular weight is 350 g/mol. The zero-order valence-corrected chi connectivity index (χ0v) is 14.4. The number of carbonyl (C=O) groups excluding carboxylic acids is 1. The summed E-state index contributed by atoms with van der Waals surface area (Å²) in [7, 11) is -3.88. The van der Waals surface area contributed by atoms with Gasteiger partial charge in [0.1, 0.15) is 5.82 Å². The fourth-order valence-electron chi connectivity index (χ4n) is 2.38. The first-order valence-electron chi connectivity index (χ1n) is 7.24. The molecule has 2 rings (SSSR count). The van der Waals surface area contributed by atoms with Crippen molar-refractivity contribution >= 4 is 15.9 Å². The quantitative estimate of drug-likeness (QED) is 0.888. The highest BCUT2D eigenvalue weighted by molar-refractivity contribution is 7.89. The van der Waals surface area contributed by atoms with E-state index in [0.717, 1.165) is 6.07 Å². The van der Waals surface area contributed by atoms with Crippen LogP contribution in [0.15, 0.2) is 47.4 Å². The molecule has 128 valence electrons. The van der Waals surface area contributed by atoms with E-state index >= 15 is 0 Å². The molecule has 1 amide bonds. The molecule has 3 N–H and O–H groups in total. The number of nitrogens with two attached hydrogens (primary N) is 1. The number of carbonyl (C=O) groups is 1. The molecule has 0 aliphatic rings. The Balaban J connectivity index is 2.73. The summed E-state index contributed by atoms with van der Waals surface area (Å²) < 4.78 is 41.9. The Hall–Kier alpha value is -2.25. The molecule has 0 aliphatic heterocycles. The summed E-state index contributed by atoms with van der Waals surface area (Å²) in [4.78, 5) is 11.6. The van der Waals surface area contributed by atoms with Crippen LogP contribution in [0.25, 0.3) is 11.1 Å². The van der Waals surface area contributed by atoms with Crippen molar-refractivity contribution in [2.24, 2.45) is 5.73 Å². The minimum absolute atomic E-state index is 0.0481. The van der Waals surface area contributed by atoms with Crippen molar-refractivity contribution in [3.05, 3.63) is 53.8 Å². The van der Waals surface area contributed by atoms with Gasteiger partial charge < -0.3 is 5.73 Å². The van der Waals surface area contributed by atoms with Crippen molar-refractivity contribution in [3.63, 3.8) is 0 Å². The molecule has 0 aromatic heterocycles. The summed E-state index contributed by atoms with van der Waals surface area (Å²) in [5.41, 5.74) is 4.59. The van der Waals surface area contributed by atoms with Crippen LogP contribution >= 0.6 is 0 Å². The minimum Gasteiger partial charge on any atom is -0.365 e. The summed E-state index contributed by atoms with van der Waals surface area (Å²) in [6.07, 6.45) is 0. The predicted octanol–water partition coefficient (Wildman–Crippen LogP) is 2.67. The van der Waals surface area contributed by atoms with Crippen molar-refractivity contribution < 1.29 is 17.6 Å². The Morgan fingerprint density at radius 3 is 2.21 bits per heavy atom. The molecule has 0 spiro atoms. The SMILES string of the molecule is CC(C)(C)NS(=O)(=O)c1ccccc1-c1cccc(F)c1C(N)=O. The number of sulfonamides is 1. The molecule has 2 aromatic carbocycles. The minimum atomic E-state index is -3.88. The van der Waals surface area contributed by atoms with Crippen LogP contribution in [-0.4, -0.2) is 19.9 Å². The molecule has 0 radical (unpaired) electrons. The second-order valence-corrected chi connectivity index (χ2v) is 8.03. The fourth-order valence-corrected chi connectivity index (χ4v) is 4.02. The van der Waals surface area contributed by atoms with Gasteiger partial charge in [0.25, 0.3) is 5.91 Å². The molecule has 24 heavy (non-hydrogen) atoms. The van der Waals surface area contributed by atoms with E-state index in [1.165, 1.54) is 24.3 Å². The van der Waals surface area contributed by atoms with E-state index in [-0.39, 0.29) is 21.6 Å². The molecular formula is C17H19FN2O3S. The summed E-state index contributed by atoms with van der Waals surface area (Å²) in [6, 6.07) is 10.1. The molecule has 5 nitrogen and oxygen atoms in total. The maximum absolute atomic E-state index is 14.0. The number of primary amides is 1. The van der Waals surface area contributed by atoms with Gasteiger partial charge in [0.05, 0.1) is 10.5 Å². The summed E-state index contributed by atoms with van der Waals surface area (Å²) in [5.74, 6) is -1.75. The Bertz CT molecular complexity index is 887. The lowest BCUT2D eigenvalue weighted by molar-refractivity contribution is 0.0997. The molecule has 0 saturated carbocycles. The van der Waals surface area contributed by atoms with E-state index in [0.29, 0.717) is 0 Å². The van der Waals surface area contributed by atoms with Crippen molar-refractivity contribution in [2.75, 3.05) is 0 Å². The summed E-state index contributed by atoms with van der Waals surface area (Å²) in [5, 5.41) is 0. The van der Waals surface area contributed by atoms with Gasteiger partial charge in [-0.25, -0.2) is 17.5 Å². The monoisotopic (exact) mass is 350 g/mol. The fraction of sp³-hybridized carbons (Fsp3) is 0.235. The summed E-state index contributed by atoms with van der Waals surface area (Å²) >= 11 is 0. The Kier molecular flexibility index (Phi) is 4.77. The Morgan fingerprint density at radius 1 is 1.04 bits per heavy atom. The molecule has 0 unspecified atom stereocenters. The molecule has 0 saturated heterocycles. The first-order valence-corrected chi connectivity index (χ1v) is 8.73. The number of halogens is 1. The molecule has 0 heterocycles. The lowest BCUT2D eigenvalue weighted by atomic mass is 9.99. The van der Waals surface area contributed by atoms with E-state index in [2.05, 4.69) is 4.72 Å². The van der Waals surface area contributed by atoms with Gasteiger partial charge in [-0.1, -0.05) is 30.3 Å². The molecule has 0 aliphatic carbocycles. The number of nitrogens with one attached hydrogen (secondary N) is 1. The van der Waals surface area contributed by atoms with E-state index in [9.17, 15) is 17.6 Å². The predicted molar refractivity (Wildman–Crippen MR) is 90.4 cm³/mol. The maximum Gasteiger partial charge on any atom is 0.252 e. The van der Waals surface area contributed by atoms with Crippen molar-refractivity contribution in [1.29, 1.82) is 0 Å². The van der Waals surface area contributed by atoms with Crippen molar-refractivity contribution in [2.45, 2.75) is 31.2 Å². The second-order valence-electron chi connectivity index (χ2n) is 6.38. The van der Waals surface area contributed by atoms with Crippen LogP contribution < -0.4 is 10.5 Å². The van der Waals surface area contributed by atoms with E-state index in [1.54, 1.807) is 32.9 Å². The van der Waals surface area contributed by atoms with Gasteiger partial charge in [0, 0.05) is 11.1 Å². The third-order valence-electron chi connectivity index (χ3n) is 3.17. The Morgan fingerprint density at radius 2 is 1.62 bits per heavy atom. The van der Waals surface area contributed by atoms with Crippen LogP contribution in [0.3, 0.4) is 0 Å². The summed E-state index contributed by atoms with van der Waals surface area (Å²) in [6.45, 7) is 5.14. The molecule has 0 bridgehead atoms. The smallest absolute Gasteiger partial charge is 0.252 e. The normalized spacial score (nSPS) is 12.2. The lowest BCUT2D eigenvalue weighted by Gasteiger charge is -2.22. The van der Waals surface area contributed by atoms with Crippen molar-refractivity contribution in [3.8, 4) is 11.1 Å². The number of amides is 1. The van der Waals surface area contributed by atoms with Gasteiger partial charge in [0.2, 0.25) is 10.0 Å². The molecule has 0 atom stereocenters. The van der Waals surface area contributed by atoms with Gasteiger partial charge in [0.15, 0.2) is 0 Å². The third-order valence-corrected chi connectivity index (χ3v) is 4.98. The highest BCUT2D eigenvalue weighted by atomic mass is 32.2. The van der Waals surface area contributed by atoms with Crippen LogP contribution in [0.1, 0.15) is 31.1 Å². The molecule has 2 aromatic rings. The van der Waals surface area contributed by atoms with Crippen LogP contribution in [0.2, 0.25) is 0 Å². The average Bonchev–Trinajstić information content (AvgIpc) is 2.44. The first-order chi connectivity index (χ1) is 11.0. The Labute approximate surface area is 140 Å². The van der Waals surface area contributed by atoms with Crippen LogP contribution in [0.4, 0.5) is 4.39 Å².